The molecule has 0 saturated heterocycles. The molecule has 1 heterocycles. The molecule has 3 atom stereocenters. The third kappa shape index (κ3) is 11.6. The Balaban J connectivity index is 1.89. The number of furan rings is 1. The number of ketones is 1. The van der Waals surface area contributed by atoms with E-state index in [9.17, 15) is 19.2 Å². The van der Waals surface area contributed by atoms with Gasteiger partial charge in [-0.1, -0.05) is 49.7 Å². The van der Waals surface area contributed by atoms with Gasteiger partial charge in [-0.15, -0.1) is 0 Å². The van der Waals surface area contributed by atoms with Crippen LogP contribution in [-0.2, 0) is 27.2 Å². The monoisotopic (exact) mass is 639 g/mol. The first-order valence-corrected chi connectivity index (χ1v) is 15.2. The normalized spacial score (nSPS) is 13.3. The van der Waals surface area contributed by atoms with Crippen molar-refractivity contribution in [2.45, 2.75) is 77.6 Å². The van der Waals surface area contributed by atoms with Crippen LogP contribution in [0.4, 0.5) is 4.79 Å². The number of alkyl carbamates (subject to hydrolysis) is 1. The van der Waals surface area contributed by atoms with Gasteiger partial charge >= 0.3 is 6.09 Å². The summed E-state index contributed by atoms with van der Waals surface area (Å²) in [4.78, 5) is 53.6. The number of amides is 3. The third-order valence-corrected chi connectivity index (χ3v) is 6.95. The number of Topliss-reactive ketones (excluding diaryl/α,β-unsaturated/α-hetero) is 1. The lowest BCUT2D eigenvalue weighted by Crippen LogP contribution is -2.57. The zero-order chi connectivity index (χ0) is 33.1. The molecule has 0 aliphatic carbocycles. The average Bonchev–Trinajstić information content (AvgIpc) is 3.51. The van der Waals surface area contributed by atoms with Crippen LogP contribution < -0.4 is 20.7 Å². The summed E-state index contributed by atoms with van der Waals surface area (Å²) in [5.41, 5.74) is 0.671. The summed E-state index contributed by atoms with van der Waals surface area (Å²) in [5.74, 6) is -0.708. The number of carbonyl (C=O) groups is 4. The molecule has 0 bridgehead atoms. The van der Waals surface area contributed by atoms with Crippen LogP contribution in [0, 0.1) is 5.92 Å². The average molecular weight is 640 g/mol. The molecule has 0 aliphatic heterocycles. The highest BCUT2D eigenvalue weighted by Crippen LogP contribution is 2.17. The first-order chi connectivity index (χ1) is 21.2. The SMILES string of the molecule is COc1ccc(C[C@H](NC(=O)OC(C)(C)C)C(=O)N[C@@H](Cc2ccc(Cl)cc2)C(=O)N[C@@H](CC(C)C)C(=O)c2ccco2)cc1. The van der Waals surface area contributed by atoms with E-state index in [-0.39, 0.29) is 30.3 Å². The summed E-state index contributed by atoms with van der Waals surface area (Å²) < 4.78 is 15.9. The van der Waals surface area contributed by atoms with Crippen LogP contribution in [0.1, 0.15) is 62.7 Å². The fourth-order valence-electron chi connectivity index (χ4n) is 4.56. The zero-order valence-electron chi connectivity index (χ0n) is 26.5. The van der Waals surface area contributed by atoms with E-state index in [1.807, 2.05) is 13.8 Å². The van der Waals surface area contributed by atoms with Crippen LogP contribution >= 0.6 is 11.6 Å². The summed E-state index contributed by atoms with van der Waals surface area (Å²) in [6.07, 6.45) is 1.17. The number of nitrogens with one attached hydrogen (secondary N) is 3. The second kappa shape index (κ2) is 16.1. The lowest BCUT2D eigenvalue weighted by Gasteiger charge is -2.27. The van der Waals surface area contributed by atoms with Crippen molar-refractivity contribution in [1.82, 2.24) is 16.0 Å². The number of ether oxygens (including phenoxy) is 2. The Labute approximate surface area is 269 Å². The molecule has 0 radical (unpaired) electrons. The molecule has 3 amide bonds. The lowest BCUT2D eigenvalue weighted by atomic mass is 9.97. The molecule has 0 unspecified atom stereocenters. The number of hydrogen-bond acceptors (Lipinski definition) is 7. The molecule has 3 aromatic rings. The summed E-state index contributed by atoms with van der Waals surface area (Å²) in [5, 5.41) is 8.81. The van der Waals surface area contributed by atoms with Crippen LogP contribution in [0.25, 0.3) is 0 Å². The summed E-state index contributed by atoms with van der Waals surface area (Å²) >= 11 is 6.07. The molecule has 0 saturated carbocycles. The Kier molecular flexibility index (Phi) is 12.6. The Morgan fingerprint density at radius 2 is 1.33 bits per heavy atom. The molecule has 0 fully saturated rings. The van der Waals surface area contributed by atoms with Gasteiger partial charge in [0.2, 0.25) is 17.6 Å². The minimum Gasteiger partial charge on any atom is -0.497 e. The predicted octanol–water partition coefficient (Wildman–Crippen LogP) is 5.52. The van der Waals surface area contributed by atoms with Gasteiger partial charge in [0.25, 0.3) is 0 Å². The molecule has 3 N–H and O–H groups in total. The molecule has 10 nitrogen and oxygen atoms in total. The highest BCUT2D eigenvalue weighted by atomic mass is 35.5. The molecule has 0 aliphatic rings. The molecule has 45 heavy (non-hydrogen) atoms. The van der Waals surface area contributed by atoms with Gasteiger partial charge in [0.05, 0.1) is 19.4 Å². The quantitative estimate of drug-likeness (QED) is 0.198. The maximum absolute atomic E-state index is 13.8. The van der Waals surface area contributed by atoms with E-state index in [4.69, 9.17) is 25.5 Å². The van der Waals surface area contributed by atoms with E-state index < -0.39 is 41.6 Å². The highest BCUT2D eigenvalue weighted by Gasteiger charge is 2.32. The second-order valence-electron chi connectivity index (χ2n) is 12.2. The molecular weight excluding hydrogens is 598 g/mol. The van der Waals surface area contributed by atoms with E-state index in [0.717, 1.165) is 11.1 Å². The zero-order valence-corrected chi connectivity index (χ0v) is 27.3. The molecule has 2 aromatic carbocycles. The number of benzene rings is 2. The Bertz CT molecular complexity index is 1420. The van der Waals surface area contributed by atoms with E-state index >= 15 is 0 Å². The molecule has 11 heteroatoms. The smallest absolute Gasteiger partial charge is 0.408 e. The van der Waals surface area contributed by atoms with Gasteiger partial charge < -0.3 is 29.8 Å². The van der Waals surface area contributed by atoms with Gasteiger partial charge in [-0.3, -0.25) is 14.4 Å². The van der Waals surface area contributed by atoms with Crippen LogP contribution in [-0.4, -0.2) is 54.5 Å². The van der Waals surface area contributed by atoms with Crippen LogP contribution in [0.15, 0.2) is 71.3 Å². The predicted molar refractivity (Wildman–Crippen MR) is 171 cm³/mol. The van der Waals surface area contributed by atoms with Crippen molar-refractivity contribution in [1.29, 1.82) is 0 Å². The molecule has 1 aromatic heterocycles. The maximum Gasteiger partial charge on any atom is 0.408 e. The van der Waals surface area contributed by atoms with Crippen molar-refractivity contribution < 1.29 is 33.1 Å². The van der Waals surface area contributed by atoms with Crippen LogP contribution in [0.3, 0.4) is 0 Å². The second-order valence-corrected chi connectivity index (χ2v) is 12.6. The standard InChI is InChI=1S/C34H42ClN3O7/c1-21(2)18-26(30(39)29-8-7-17-44-29)36-31(40)27(19-22-9-13-24(35)14-10-22)37-32(41)28(38-33(42)45-34(3,4)5)20-23-11-15-25(43-6)16-12-23/h7-17,21,26-28H,18-20H2,1-6H3,(H,36,40)(H,37,41)(H,38,42)/t26-,27-,28-/m0/s1. The minimum absolute atomic E-state index is 0.0745. The van der Waals surface area contributed by atoms with E-state index in [1.54, 1.807) is 88.5 Å². The summed E-state index contributed by atoms with van der Waals surface area (Å²) in [6.45, 7) is 9.03. The van der Waals surface area contributed by atoms with Crippen molar-refractivity contribution >= 4 is 35.3 Å². The Hall–Kier alpha value is -4.31. The van der Waals surface area contributed by atoms with Gasteiger partial charge in [0.15, 0.2) is 5.76 Å². The molecular formula is C34H42ClN3O7. The number of hydrogen-bond donors (Lipinski definition) is 3. The number of methoxy groups -OCH3 is 1. The number of carbonyl (C=O) groups excluding carboxylic acids is 4. The first kappa shape index (κ1) is 35.2. The van der Waals surface area contributed by atoms with Crippen LogP contribution in [0.2, 0.25) is 5.02 Å². The number of rotatable bonds is 14. The fraction of sp³-hybridized carbons (Fsp3) is 0.412. The third-order valence-electron chi connectivity index (χ3n) is 6.70. The van der Waals surface area contributed by atoms with Gasteiger partial charge in [-0.05, 0) is 80.6 Å². The number of halogens is 1. The van der Waals surface area contributed by atoms with Crippen molar-refractivity contribution in [3.63, 3.8) is 0 Å². The Morgan fingerprint density at radius 1 is 0.800 bits per heavy atom. The van der Waals surface area contributed by atoms with Gasteiger partial charge in [0.1, 0.15) is 23.4 Å². The Morgan fingerprint density at radius 3 is 1.82 bits per heavy atom. The topological polar surface area (TPSA) is 136 Å². The lowest BCUT2D eigenvalue weighted by molar-refractivity contribution is -0.130. The van der Waals surface area contributed by atoms with E-state index in [2.05, 4.69) is 16.0 Å². The fourth-order valence-corrected chi connectivity index (χ4v) is 4.69. The first-order valence-electron chi connectivity index (χ1n) is 14.8. The van der Waals surface area contributed by atoms with Crippen molar-refractivity contribution in [3.8, 4) is 5.75 Å². The van der Waals surface area contributed by atoms with Crippen molar-refractivity contribution in [3.05, 3.63) is 88.8 Å². The van der Waals surface area contributed by atoms with Crippen molar-refractivity contribution in [2.75, 3.05) is 7.11 Å². The van der Waals surface area contributed by atoms with Crippen LogP contribution in [0.5, 0.6) is 5.75 Å². The van der Waals surface area contributed by atoms with Crippen molar-refractivity contribution in [2.24, 2.45) is 5.92 Å². The summed E-state index contributed by atoms with van der Waals surface area (Å²) in [7, 11) is 1.55. The van der Waals surface area contributed by atoms with Gasteiger partial charge in [-0.25, -0.2) is 4.79 Å². The van der Waals surface area contributed by atoms with Gasteiger partial charge in [-0.2, -0.15) is 0 Å². The summed E-state index contributed by atoms with van der Waals surface area (Å²) in [6, 6.07) is 14.0. The highest BCUT2D eigenvalue weighted by molar-refractivity contribution is 6.30. The van der Waals surface area contributed by atoms with E-state index in [0.29, 0.717) is 17.2 Å². The largest absolute Gasteiger partial charge is 0.497 e. The maximum atomic E-state index is 13.8. The molecule has 242 valence electrons. The van der Waals surface area contributed by atoms with Gasteiger partial charge in [0, 0.05) is 17.9 Å². The van der Waals surface area contributed by atoms with E-state index in [1.165, 1.54) is 6.26 Å². The molecule has 0 spiro atoms. The minimum atomic E-state index is -1.10. The molecule has 3 rings (SSSR count).